The van der Waals surface area contributed by atoms with Gasteiger partial charge in [-0.15, -0.1) is 0 Å². The molecule has 2 unspecified atom stereocenters. The van der Waals surface area contributed by atoms with Crippen molar-refractivity contribution in [3.63, 3.8) is 0 Å². The molecule has 1 fully saturated rings. The second-order valence-electron chi connectivity index (χ2n) is 8.67. The molecular weight excluding hydrogens is 396 g/mol. The van der Waals surface area contributed by atoms with Crippen LogP contribution < -0.4 is 15.8 Å². The number of nitrogens with one attached hydrogen (secondary N) is 1. The molecule has 0 spiro atoms. The molecule has 0 radical (unpaired) electrons. The number of aromatic nitrogens is 2. The lowest BCUT2D eigenvalue weighted by molar-refractivity contribution is -0.152. The van der Waals surface area contributed by atoms with E-state index in [0.717, 1.165) is 5.56 Å². The predicted octanol–water partition coefficient (Wildman–Crippen LogP) is 1.77. The van der Waals surface area contributed by atoms with Gasteiger partial charge in [0, 0.05) is 35.7 Å². The molecule has 160 valence electrons. The number of aryl methyl sites for hydroxylation is 1. The minimum atomic E-state index is -2.09. The van der Waals surface area contributed by atoms with Crippen LogP contribution in [0.5, 0.6) is 5.75 Å². The fourth-order valence-electron chi connectivity index (χ4n) is 4.75. The molecule has 1 saturated carbocycles. The summed E-state index contributed by atoms with van der Waals surface area (Å²) in [4.78, 5) is 31.1. The fourth-order valence-corrected chi connectivity index (χ4v) is 4.75. The zero-order valence-electron chi connectivity index (χ0n) is 17.6. The third kappa shape index (κ3) is 2.42. The van der Waals surface area contributed by atoms with E-state index in [4.69, 9.17) is 10.5 Å². The number of hydrogen-bond donors (Lipinski definition) is 3. The first-order valence-corrected chi connectivity index (χ1v) is 10.3. The van der Waals surface area contributed by atoms with Crippen LogP contribution in [0, 0.1) is 0 Å². The second-order valence-corrected chi connectivity index (χ2v) is 8.67. The molecule has 2 atom stereocenters. The zero-order valence-corrected chi connectivity index (χ0v) is 17.6. The van der Waals surface area contributed by atoms with E-state index in [9.17, 15) is 14.7 Å². The Labute approximate surface area is 179 Å². The molecule has 0 bridgehead atoms. The number of benzene rings is 1. The van der Waals surface area contributed by atoms with E-state index >= 15 is 0 Å². The van der Waals surface area contributed by atoms with E-state index in [2.05, 4.69) is 10.3 Å². The molecule has 2 aliphatic carbocycles. The first-order valence-electron chi connectivity index (χ1n) is 10.3. The molecule has 8 nitrogen and oxygen atoms in total. The van der Waals surface area contributed by atoms with Gasteiger partial charge in [0.05, 0.1) is 6.33 Å². The summed E-state index contributed by atoms with van der Waals surface area (Å²) in [5, 5.41) is 14.7. The van der Waals surface area contributed by atoms with Crippen LogP contribution in [0.2, 0.25) is 0 Å². The van der Waals surface area contributed by atoms with E-state index in [0.29, 0.717) is 35.4 Å². The van der Waals surface area contributed by atoms with Crippen molar-refractivity contribution < 1.29 is 19.4 Å². The van der Waals surface area contributed by atoms with E-state index in [-0.39, 0.29) is 17.2 Å². The van der Waals surface area contributed by atoms with Crippen LogP contribution in [0.4, 0.5) is 0 Å². The van der Waals surface area contributed by atoms with Gasteiger partial charge in [-0.2, -0.15) is 0 Å². The zero-order chi connectivity index (χ0) is 22.1. The molecular formula is C23H24N4O4. The second kappa shape index (κ2) is 6.31. The number of Topliss-reactive ketones (excluding diaryl/α,β-unsaturated/α-hetero) is 1. The molecule has 0 saturated heterocycles. The lowest BCUT2D eigenvalue weighted by Gasteiger charge is -2.34. The molecule has 2 aromatic rings. The summed E-state index contributed by atoms with van der Waals surface area (Å²) in [6, 6.07) is 5.44. The maximum absolute atomic E-state index is 13.9. The summed E-state index contributed by atoms with van der Waals surface area (Å²) in [6.45, 7) is 4.09. The summed E-state index contributed by atoms with van der Waals surface area (Å²) in [7, 11) is 1.74. The number of nitrogens with two attached hydrogens (primary N) is 1. The molecule has 5 rings (SSSR count). The Hall–Kier alpha value is -3.39. The Morgan fingerprint density at radius 3 is 2.84 bits per heavy atom. The van der Waals surface area contributed by atoms with Gasteiger partial charge in [0.1, 0.15) is 11.4 Å². The largest absolute Gasteiger partial charge is 0.454 e. The van der Waals surface area contributed by atoms with Gasteiger partial charge >= 0.3 is 0 Å². The van der Waals surface area contributed by atoms with Gasteiger partial charge in [0.25, 0.3) is 11.7 Å². The Morgan fingerprint density at radius 2 is 2.16 bits per heavy atom. The number of ketones is 1. The number of nitrogens with zero attached hydrogens (tertiary/aromatic N) is 2. The van der Waals surface area contributed by atoms with E-state index in [1.165, 1.54) is 6.33 Å². The first kappa shape index (κ1) is 19.6. The smallest absolute Gasteiger partial charge is 0.272 e. The van der Waals surface area contributed by atoms with Crippen molar-refractivity contribution in [2.75, 3.05) is 0 Å². The average Bonchev–Trinajstić information content (AvgIpc) is 3.32. The molecule has 3 aliphatic rings. The van der Waals surface area contributed by atoms with Gasteiger partial charge in [-0.05, 0) is 30.4 Å². The lowest BCUT2D eigenvalue weighted by atomic mass is 9.83. The van der Waals surface area contributed by atoms with E-state index in [1.807, 2.05) is 26.0 Å². The minimum Gasteiger partial charge on any atom is -0.454 e. The molecule has 1 amide bonds. The standard InChI is InChI=1S/C23H24N4O4/c1-12(2)13-7-8-14-18(9-13)31-23(30)15-5-4-6-16(24)19(15)20(28)22(14,23)26-21(29)17-10-27(3)11-25-17/h5,7-12,30H,4,6,24H2,1-3H3,(H,26,29). The first-order chi connectivity index (χ1) is 14.7. The fraction of sp³-hybridized carbons (Fsp3) is 0.348. The number of amides is 1. The van der Waals surface area contributed by atoms with E-state index < -0.39 is 23.0 Å². The number of aliphatic hydroxyl groups is 1. The van der Waals surface area contributed by atoms with Crippen LogP contribution in [0.25, 0.3) is 0 Å². The Bertz CT molecular complexity index is 1210. The Balaban J connectivity index is 1.73. The van der Waals surface area contributed by atoms with Crippen LogP contribution in [-0.2, 0) is 17.4 Å². The summed E-state index contributed by atoms with van der Waals surface area (Å²) >= 11 is 0. The highest BCUT2D eigenvalue weighted by atomic mass is 16.6. The Morgan fingerprint density at radius 1 is 1.39 bits per heavy atom. The number of carbonyl (C=O) groups is 2. The van der Waals surface area contributed by atoms with Crippen molar-refractivity contribution >= 4 is 11.7 Å². The van der Waals surface area contributed by atoms with Crippen LogP contribution in [0.1, 0.15) is 54.2 Å². The summed E-state index contributed by atoms with van der Waals surface area (Å²) in [5.41, 5.74) is 6.80. The SMILES string of the molecule is CC(C)c1ccc2c(c1)OC1(O)C3=CCCC(N)=C3C(=O)C21NC(=O)c1cn(C)cn1. The maximum atomic E-state index is 13.9. The van der Waals surface area contributed by atoms with Crippen LogP contribution in [0.15, 0.2) is 53.6 Å². The van der Waals surface area contributed by atoms with Gasteiger partial charge in [-0.1, -0.05) is 32.1 Å². The summed E-state index contributed by atoms with van der Waals surface area (Å²) < 4.78 is 7.71. The van der Waals surface area contributed by atoms with Crippen LogP contribution in [0.3, 0.4) is 0 Å². The van der Waals surface area contributed by atoms with Crippen molar-refractivity contribution in [1.82, 2.24) is 14.9 Å². The van der Waals surface area contributed by atoms with Gasteiger partial charge < -0.3 is 25.5 Å². The predicted molar refractivity (Wildman–Crippen MR) is 112 cm³/mol. The third-order valence-corrected chi connectivity index (χ3v) is 6.37. The highest BCUT2D eigenvalue weighted by Crippen LogP contribution is 2.59. The number of rotatable bonds is 3. The monoisotopic (exact) mass is 420 g/mol. The normalized spacial score (nSPS) is 26.4. The number of ether oxygens (including phenoxy) is 1. The molecule has 1 aromatic carbocycles. The highest BCUT2D eigenvalue weighted by Gasteiger charge is 2.74. The molecule has 4 N–H and O–H groups in total. The Kier molecular flexibility index (Phi) is 3.98. The lowest BCUT2D eigenvalue weighted by Crippen LogP contribution is -2.62. The summed E-state index contributed by atoms with van der Waals surface area (Å²) in [6.07, 6.45) is 5.88. The van der Waals surface area contributed by atoms with Crippen molar-refractivity contribution in [3.8, 4) is 5.75 Å². The quantitative estimate of drug-likeness (QED) is 0.696. The van der Waals surface area contributed by atoms with Gasteiger partial charge in [0.15, 0.2) is 0 Å². The third-order valence-electron chi connectivity index (χ3n) is 6.37. The molecule has 1 aromatic heterocycles. The van der Waals surface area contributed by atoms with Crippen LogP contribution in [-0.4, -0.2) is 32.1 Å². The van der Waals surface area contributed by atoms with Crippen molar-refractivity contribution in [2.45, 2.75) is 43.9 Å². The summed E-state index contributed by atoms with van der Waals surface area (Å²) in [5.74, 6) is -2.56. The van der Waals surface area contributed by atoms with Gasteiger partial charge in [-0.25, -0.2) is 4.98 Å². The maximum Gasteiger partial charge on any atom is 0.272 e. The minimum absolute atomic E-state index is 0.130. The van der Waals surface area contributed by atoms with E-state index in [1.54, 1.807) is 30.0 Å². The molecule has 1 aliphatic heterocycles. The van der Waals surface area contributed by atoms with Crippen LogP contribution >= 0.6 is 0 Å². The topological polar surface area (TPSA) is 119 Å². The van der Waals surface area contributed by atoms with Crippen molar-refractivity contribution in [1.29, 1.82) is 0 Å². The van der Waals surface area contributed by atoms with Crippen molar-refractivity contribution in [3.05, 3.63) is 70.5 Å². The van der Waals surface area contributed by atoms with Gasteiger partial charge in [-0.3, -0.25) is 9.59 Å². The number of fused-ring (bicyclic) bond motifs is 5. The van der Waals surface area contributed by atoms with Gasteiger partial charge in [0.2, 0.25) is 11.3 Å². The average molecular weight is 420 g/mol. The number of imidazole rings is 1. The molecule has 8 heteroatoms. The number of allylic oxidation sites excluding steroid dienone is 2. The van der Waals surface area contributed by atoms with Crippen molar-refractivity contribution in [2.24, 2.45) is 12.8 Å². The highest BCUT2D eigenvalue weighted by molar-refractivity contribution is 6.16. The number of hydrogen-bond acceptors (Lipinski definition) is 6. The molecule has 2 heterocycles. The number of carbonyl (C=O) groups excluding carboxylic acids is 2. The molecule has 31 heavy (non-hydrogen) atoms.